The number of hydrogen-bond donors (Lipinski definition) is 2. The third kappa shape index (κ3) is 3.15. The number of nitriles is 1. The van der Waals surface area contributed by atoms with Gasteiger partial charge in [-0.3, -0.25) is 10.3 Å². The smallest absolute Gasteiger partial charge is 0.182 e. The molecule has 0 atom stereocenters. The van der Waals surface area contributed by atoms with E-state index in [0.29, 0.717) is 24.0 Å². The number of anilines is 2. The summed E-state index contributed by atoms with van der Waals surface area (Å²) in [6.45, 7) is 2.35. The zero-order chi connectivity index (χ0) is 12.8. The summed E-state index contributed by atoms with van der Waals surface area (Å²) >= 11 is 0. The molecule has 0 aliphatic rings. The number of pyridine rings is 1. The second-order valence-electron chi connectivity index (χ2n) is 3.60. The number of nitrogens with zero attached hydrogens (tertiary/aromatic N) is 4. The second kappa shape index (κ2) is 5.59. The van der Waals surface area contributed by atoms with Crippen molar-refractivity contribution in [2.45, 2.75) is 13.5 Å². The van der Waals surface area contributed by atoms with Gasteiger partial charge in [0.15, 0.2) is 6.19 Å². The minimum absolute atomic E-state index is 0.480. The Bertz CT molecular complexity index is 561. The predicted molar refractivity (Wildman–Crippen MR) is 67.6 cm³/mol. The summed E-state index contributed by atoms with van der Waals surface area (Å²) < 4.78 is 0. The maximum Gasteiger partial charge on any atom is 0.182 e. The van der Waals surface area contributed by atoms with E-state index in [4.69, 9.17) is 5.26 Å². The molecule has 6 heteroatoms. The lowest BCUT2D eigenvalue weighted by molar-refractivity contribution is 0.996. The molecule has 2 N–H and O–H groups in total. The Morgan fingerprint density at radius 3 is 2.83 bits per heavy atom. The highest BCUT2D eigenvalue weighted by atomic mass is 15.1. The third-order valence-electron chi connectivity index (χ3n) is 2.20. The van der Waals surface area contributed by atoms with Crippen LogP contribution in [-0.4, -0.2) is 15.0 Å². The lowest BCUT2D eigenvalue weighted by Gasteiger charge is -2.07. The van der Waals surface area contributed by atoms with E-state index in [1.807, 2.05) is 24.4 Å². The molecule has 0 aliphatic carbocycles. The quantitative estimate of drug-likeness (QED) is 0.624. The summed E-state index contributed by atoms with van der Waals surface area (Å²) in [4.78, 5) is 12.5. The van der Waals surface area contributed by atoms with E-state index < -0.39 is 0 Å². The first kappa shape index (κ1) is 11.8. The normalized spacial score (nSPS) is 9.56. The molecule has 2 aromatic heterocycles. The molecule has 0 amide bonds. The second-order valence-corrected chi connectivity index (χ2v) is 3.60. The van der Waals surface area contributed by atoms with Crippen molar-refractivity contribution in [3.63, 3.8) is 0 Å². The molecule has 0 radical (unpaired) electrons. The summed E-state index contributed by atoms with van der Waals surface area (Å²) in [5.41, 5.74) is 0.920. The van der Waals surface area contributed by atoms with Crippen LogP contribution < -0.4 is 10.6 Å². The van der Waals surface area contributed by atoms with Crippen molar-refractivity contribution in [2.24, 2.45) is 0 Å². The third-order valence-corrected chi connectivity index (χ3v) is 2.20. The standard InChI is InChI=1S/C12H12N6/c1-9-17-11(6-12(18-9)16-8-13)15-7-10-4-2-3-5-14-10/h2-6H,7H2,1H3,(H2,15,16,17,18). The van der Waals surface area contributed by atoms with Crippen molar-refractivity contribution in [2.75, 3.05) is 10.6 Å². The van der Waals surface area contributed by atoms with Crippen molar-refractivity contribution >= 4 is 11.6 Å². The van der Waals surface area contributed by atoms with Crippen LogP contribution in [0.5, 0.6) is 0 Å². The summed E-state index contributed by atoms with van der Waals surface area (Å²) in [5.74, 6) is 1.73. The van der Waals surface area contributed by atoms with Gasteiger partial charge in [-0.05, 0) is 19.1 Å². The molecule has 2 rings (SSSR count). The van der Waals surface area contributed by atoms with E-state index in [0.717, 1.165) is 5.69 Å². The zero-order valence-electron chi connectivity index (χ0n) is 9.88. The van der Waals surface area contributed by atoms with Crippen LogP contribution in [0.15, 0.2) is 30.5 Å². The van der Waals surface area contributed by atoms with Crippen LogP contribution in [0, 0.1) is 18.4 Å². The fourth-order valence-corrected chi connectivity index (χ4v) is 1.46. The van der Waals surface area contributed by atoms with Crippen molar-refractivity contribution in [3.8, 4) is 6.19 Å². The van der Waals surface area contributed by atoms with Gasteiger partial charge in [-0.25, -0.2) is 9.97 Å². The molecule has 0 saturated heterocycles. The monoisotopic (exact) mass is 240 g/mol. The average Bonchev–Trinajstić information content (AvgIpc) is 2.37. The Morgan fingerprint density at radius 2 is 2.11 bits per heavy atom. The van der Waals surface area contributed by atoms with Gasteiger partial charge in [-0.15, -0.1) is 0 Å². The molecule has 90 valence electrons. The Labute approximate surface area is 105 Å². The first-order chi connectivity index (χ1) is 8.78. The lowest BCUT2D eigenvalue weighted by atomic mass is 10.3. The van der Waals surface area contributed by atoms with Crippen molar-refractivity contribution in [3.05, 3.63) is 42.0 Å². The fraction of sp³-hybridized carbons (Fsp3) is 0.167. The molecule has 2 aromatic rings. The predicted octanol–water partition coefficient (Wildman–Crippen LogP) is 1.69. The van der Waals surface area contributed by atoms with Crippen LogP contribution in [0.1, 0.15) is 11.5 Å². The highest BCUT2D eigenvalue weighted by molar-refractivity contribution is 5.49. The van der Waals surface area contributed by atoms with Crippen molar-refractivity contribution in [1.29, 1.82) is 5.26 Å². The summed E-state index contributed by atoms with van der Waals surface area (Å²) in [6.07, 6.45) is 3.57. The molecule has 6 nitrogen and oxygen atoms in total. The van der Waals surface area contributed by atoms with Crippen molar-refractivity contribution < 1.29 is 0 Å². The van der Waals surface area contributed by atoms with Crippen LogP contribution >= 0.6 is 0 Å². The van der Waals surface area contributed by atoms with E-state index in [-0.39, 0.29) is 0 Å². The van der Waals surface area contributed by atoms with Gasteiger partial charge in [0.25, 0.3) is 0 Å². The fourth-order valence-electron chi connectivity index (χ4n) is 1.46. The molecule has 0 unspecified atom stereocenters. The molecule has 0 fully saturated rings. The first-order valence-electron chi connectivity index (χ1n) is 5.42. The Morgan fingerprint density at radius 1 is 1.28 bits per heavy atom. The van der Waals surface area contributed by atoms with Gasteiger partial charge in [-0.2, -0.15) is 5.26 Å². The molecule has 0 saturated carbocycles. The van der Waals surface area contributed by atoms with E-state index in [1.54, 1.807) is 19.2 Å². The number of rotatable bonds is 4. The Balaban J connectivity index is 2.07. The average molecular weight is 240 g/mol. The maximum absolute atomic E-state index is 8.56. The first-order valence-corrected chi connectivity index (χ1v) is 5.42. The van der Waals surface area contributed by atoms with Gasteiger partial charge >= 0.3 is 0 Å². The number of aromatic nitrogens is 3. The summed E-state index contributed by atoms with van der Waals surface area (Å²) in [7, 11) is 0. The molecular formula is C12H12N6. The van der Waals surface area contributed by atoms with Gasteiger partial charge < -0.3 is 5.32 Å². The van der Waals surface area contributed by atoms with Gasteiger partial charge in [0.05, 0.1) is 12.2 Å². The molecular weight excluding hydrogens is 228 g/mol. The molecule has 0 spiro atoms. The van der Waals surface area contributed by atoms with Crippen LogP contribution in [0.4, 0.5) is 11.6 Å². The molecule has 0 bridgehead atoms. The number of nitrogens with one attached hydrogen (secondary N) is 2. The summed E-state index contributed by atoms with van der Waals surface area (Å²) in [6, 6.07) is 7.40. The lowest BCUT2D eigenvalue weighted by Crippen LogP contribution is -2.05. The van der Waals surface area contributed by atoms with E-state index in [9.17, 15) is 0 Å². The Kier molecular flexibility index (Phi) is 3.66. The molecule has 2 heterocycles. The molecule has 18 heavy (non-hydrogen) atoms. The van der Waals surface area contributed by atoms with Gasteiger partial charge in [0.2, 0.25) is 0 Å². The topological polar surface area (TPSA) is 86.5 Å². The number of hydrogen-bond acceptors (Lipinski definition) is 6. The summed E-state index contributed by atoms with van der Waals surface area (Å²) in [5, 5.41) is 14.2. The van der Waals surface area contributed by atoms with Crippen LogP contribution in [0.3, 0.4) is 0 Å². The molecule has 0 aliphatic heterocycles. The minimum Gasteiger partial charge on any atom is -0.364 e. The molecule has 0 aromatic carbocycles. The maximum atomic E-state index is 8.56. The van der Waals surface area contributed by atoms with Gasteiger partial charge in [0, 0.05) is 12.3 Å². The highest BCUT2D eigenvalue weighted by Gasteiger charge is 2.01. The van der Waals surface area contributed by atoms with Crippen LogP contribution in [-0.2, 0) is 6.54 Å². The van der Waals surface area contributed by atoms with Crippen LogP contribution in [0.25, 0.3) is 0 Å². The van der Waals surface area contributed by atoms with Crippen molar-refractivity contribution in [1.82, 2.24) is 15.0 Å². The van der Waals surface area contributed by atoms with Crippen LogP contribution in [0.2, 0.25) is 0 Å². The zero-order valence-corrected chi connectivity index (χ0v) is 9.88. The van der Waals surface area contributed by atoms with Gasteiger partial charge in [-0.1, -0.05) is 6.07 Å². The highest BCUT2D eigenvalue weighted by Crippen LogP contribution is 2.11. The van der Waals surface area contributed by atoms with E-state index >= 15 is 0 Å². The SMILES string of the molecule is Cc1nc(NC#N)cc(NCc2ccccn2)n1. The van der Waals surface area contributed by atoms with E-state index in [2.05, 4.69) is 25.6 Å². The number of aryl methyl sites for hydroxylation is 1. The minimum atomic E-state index is 0.480. The largest absolute Gasteiger partial charge is 0.364 e. The Hall–Kier alpha value is -2.68. The van der Waals surface area contributed by atoms with Gasteiger partial charge in [0.1, 0.15) is 17.5 Å². The van der Waals surface area contributed by atoms with E-state index in [1.165, 1.54) is 0 Å².